The van der Waals surface area contributed by atoms with Crippen molar-refractivity contribution in [3.05, 3.63) is 29.6 Å². The highest BCUT2D eigenvalue weighted by Gasteiger charge is 2.18. The molecule has 0 spiro atoms. The summed E-state index contributed by atoms with van der Waals surface area (Å²) in [7, 11) is 0. The van der Waals surface area contributed by atoms with Gasteiger partial charge in [0.05, 0.1) is 5.92 Å². The van der Waals surface area contributed by atoms with Gasteiger partial charge >= 0.3 is 0 Å². The molecule has 1 aromatic carbocycles. The lowest BCUT2D eigenvalue weighted by atomic mass is 9.92. The lowest BCUT2D eigenvalue weighted by molar-refractivity contribution is -0.119. The third-order valence-corrected chi connectivity index (χ3v) is 3.06. The number of benzene rings is 1. The van der Waals surface area contributed by atoms with E-state index in [1.165, 1.54) is 12.1 Å². The van der Waals surface area contributed by atoms with E-state index in [1.807, 2.05) is 0 Å². The van der Waals surface area contributed by atoms with Gasteiger partial charge in [0.25, 0.3) is 0 Å². The third-order valence-electron chi connectivity index (χ3n) is 3.06. The van der Waals surface area contributed by atoms with Gasteiger partial charge in [-0.3, -0.25) is 4.79 Å². The highest BCUT2D eigenvalue weighted by Crippen LogP contribution is 2.26. The lowest BCUT2D eigenvalue weighted by Gasteiger charge is -2.14. The molecule has 1 amide bonds. The molecule has 0 saturated heterocycles. The van der Waals surface area contributed by atoms with Crippen molar-refractivity contribution in [1.82, 2.24) is 0 Å². The molecule has 3 nitrogen and oxygen atoms in total. The summed E-state index contributed by atoms with van der Waals surface area (Å²) in [6.45, 7) is 2.11. The van der Waals surface area contributed by atoms with E-state index in [4.69, 9.17) is 10.8 Å². The van der Waals surface area contributed by atoms with Crippen molar-refractivity contribution in [2.45, 2.75) is 44.9 Å². The van der Waals surface area contributed by atoms with Crippen molar-refractivity contribution in [1.29, 1.82) is 0 Å². The Kier molecular flexibility index (Phi) is 5.62. The zero-order valence-electron chi connectivity index (χ0n) is 10.7. The zero-order chi connectivity index (χ0) is 13.5. The van der Waals surface area contributed by atoms with Crippen molar-refractivity contribution in [3.63, 3.8) is 0 Å². The SMILES string of the molecule is CCCCCCC(C(N)=O)c1ccc(O)c(F)c1. The van der Waals surface area contributed by atoms with E-state index >= 15 is 0 Å². The number of hydrogen-bond acceptors (Lipinski definition) is 2. The van der Waals surface area contributed by atoms with Crippen LogP contribution in [-0.4, -0.2) is 11.0 Å². The summed E-state index contributed by atoms with van der Waals surface area (Å²) in [5, 5.41) is 9.12. The molecule has 1 unspecified atom stereocenters. The summed E-state index contributed by atoms with van der Waals surface area (Å²) in [6, 6.07) is 3.99. The van der Waals surface area contributed by atoms with E-state index in [0.717, 1.165) is 25.7 Å². The molecule has 0 radical (unpaired) electrons. The second-order valence-corrected chi connectivity index (χ2v) is 4.52. The molecule has 0 aliphatic heterocycles. The van der Waals surface area contributed by atoms with Crippen LogP contribution < -0.4 is 5.73 Å². The van der Waals surface area contributed by atoms with Gasteiger partial charge in [0, 0.05) is 0 Å². The van der Waals surface area contributed by atoms with Gasteiger partial charge in [0.15, 0.2) is 11.6 Å². The van der Waals surface area contributed by atoms with Gasteiger partial charge in [-0.15, -0.1) is 0 Å². The molecule has 0 aliphatic rings. The van der Waals surface area contributed by atoms with Crippen molar-refractivity contribution in [3.8, 4) is 5.75 Å². The predicted molar refractivity (Wildman–Crippen MR) is 68.8 cm³/mol. The Balaban J connectivity index is 2.71. The summed E-state index contributed by atoms with van der Waals surface area (Å²) < 4.78 is 13.2. The van der Waals surface area contributed by atoms with E-state index in [2.05, 4.69) is 6.92 Å². The van der Waals surface area contributed by atoms with Crippen LogP contribution in [0.2, 0.25) is 0 Å². The van der Waals surface area contributed by atoms with E-state index in [0.29, 0.717) is 12.0 Å². The van der Waals surface area contributed by atoms with E-state index in [-0.39, 0.29) is 0 Å². The Morgan fingerprint density at radius 2 is 2.11 bits per heavy atom. The fraction of sp³-hybridized carbons (Fsp3) is 0.500. The summed E-state index contributed by atoms with van der Waals surface area (Å²) in [4.78, 5) is 11.4. The number of unbranched alkanes of at least 4 members (excludes halogenated alkanes) is 3. The standard InChI is InChI=1S/C14H20FNO2/c1-2-3-4-5-6-11(14(16)18)10-7-8-13(17)12(15)9-10/h7-9,11,17H,2-6H2,1H3,(H2,16,18). The maximum atomic E-state index is 13.2. The van der Waals surface area contributed by atoms with Gasteiger partial charge in [-0.1, -0.05) is 38.7 Å². The maximum absolute atomic E-state index is 13.2. The first-order valence-electron chi connectivity index (χ1n) is 6.34. The van der Waals surface area contributed by atoms with Gasteiger partial charge < -0.3 is 10.8 Å². The minimum atomic E-state index is -0.715. The molecule has 1 rings (SSSR count). The fourth-order valence-corrected chi connectivity index (χ4v) is 1.99. The number of phenolic OH excluding ortho intramolecular Hbond substituents is 1. The van der Waals surface area contributed by atoms with Crippen molar-refractivity contribution >= 4 is 5.91 Å². The Hall–Kier alpha value is -1.58. The number of carbonyl (C=O) groups is 1. The quantitative estimate of drug-likeness (QED) is 0.733. The van der Waals surface area contributed by atoms with E-state index in [9.17, 15) is 9.18 Å². The second kappa shape index (κ2) is 6.99. The number of nitrogens with two attached hydrogens (primary N) is 1. The number of carbonyl (C=O) groups excluding carboxylic acids is 1. The first kappa shape index (κ1) is 14.5. The Bertz CT molecular complexity index is 407. The summed E-state index contributed by atoms with van der Waals surface area (Å²) in [6.07, 6.45) is 4.80. The normalized spacial score (nSPS) is 12.3. The molecular weight excluding hydrogens is 233 g/mol. The number of phenols is 1. The molecule has 4 heteroatoms. The van der Waals surface area contributed by atoms with Crippen molar-refractivity contribution in [2.75, 3.05) is 0 Å². The van der Waals surface area contributed by atoms with E-state index in [1.54, 1.807) is 6.07 Å². The van der Waals surface area contributed by atoms with Crippen LogP contribution in [0.4, 0.5) is 4.39 Å². The largest absolute Gasteiger partial charge is 0.505 e. The van der Waals surface area contributed by atoms with Crippen LogP contribution in [0.5, 0.6) is 5.75 Å². The van der Waals surface area contributed by atoms with Crippen LogP contribution >= 0.6 is 0 Å². The Morgan fingerprint density at radius 3 is 2.67 bits per heavy atom. The average molecular weight is 253 g/mol. The smallest absolute Gasteiger partial charge is 0.224 e. The average Bonchev–Trinajstić information content (AvgIpc) is 2.32. The van der Waals surface area contributed by atoms with Gasteiger partial charge in [0.1, 0.15) is 0 Å². The molecule has 0 aromatic heterocycles. The first-order valence-corrected chi connectivity index (χ1v) is 6.34. The lowest BCUT2D eigenvalue weighted by Crippen LogP contribution is -2.21. The molecule has 0 heterocycles. The van der Waals surface area contributed by atoms with Gasteiger partial charge in [-0.25, -0.2) is 4.39 Å². The fourth-order valence-electron chi connectivity index (χ4n) is 1.99. The van der Waals surface area contributed by atoms with Crippen LogP contribution in [0.25, 0.3) is 0 Å². The number of halogens is 1. The van der Waals surface area contributed by atoms with Crippen LogP contribution in [0.15, 0.2) is 18.2 Å². The second-order valence-electron chi connectivity index (χ2n) is 4.52. The monoisotopic (exact) mass is 253 g/mol. The van der Waals surface area contributed by atoms with Crippen LogP contribution in [0, 0.1) is 5.82 Å². The first-order chi connectivity index (χ1) is 8.56. The third kappa shape index (κ3) is 4.02. The Labute approximate surface area is 107 Å². The number of rotatable bonds is 7. The van der Waals surface area contributed by atoms with E-state index < -0.39 is 23.4 Å². The summed E-state index contributed by atoms with van der Waals surface area (Å²) in [5.74, 6) is -2.05. The van der Waals surface area contributed by atoms with Crippen LogP contribution in [0.3, 0.4) is 0 Å². The topological polar surface area (TPSA) is 63.3 Å². The molecule has 1 atom stereocenters. The number of hydrogen-bond donors (Lipinski definition) is 2. The molecule has 3 N–H and O–H groups in total. The predicted octanol–water partition coefficient (Wildman–Crippen LogP) is 3.07. The zero-order valence-corrected chi connectivity index (χ0v) is 10.7. The Morgan fingerprint density at radius 1 is 1.39 bits per heavy atom. The number of aromatic hydroxyl groups is 1. The molecule has 100 valence electrons. The van der Waals surface area contributed by atoms with Crippen molar-refractivity contribution in [2.24, 2.45) is 5.73 Å². The van der Waals surface area contributed by atoms with Gasteiger partial charge in [-0.2, -0.15) is 0 Å². The maximum Gasteiger partial charge on any atom is 0.224 e. The highest BCUT2D eigenvalue weighted by atomic mass is 19.1. The molecule has 0 fully saturated rings. The molecular formula is C14H20FNO2. The summed E-state index contributed by atoms with van der Waals surface area (Å²) in [5.41, 5.74) is 5.88. The molecule has 0 bridgehead atoms. The molecule has 1 aromatic rings. The van der Waals surface area contributed by atoms with Crippen LogP contribution in [0.1, 0.15) is 50.5 Å². The van der Waals surface area contributed by atoms with Gasteiger partial charge in [-0.05, 0) is 24.1 Å². The highest BCUT2D eigenvalue weighted by molar-refractivity contribution is 5.81. The number of amides is 1. The van der Waals surface area contributed by atoms with Gasteiger partial charge in [0.2, 0.25) is 5.91 Å². The molecule has 0 aliphatic carbocycles. The number of primary amides is 1. The summed E-state index contributed by atoms with van der Waals surface area (Å²) >= 11 is 0. The minimum Gasteiger partial charge on any atom is -0.505 e. The minimum absolute atomic E-state index is 0.409. The van der Waals surface area contributed by atoms with Crippen LogP contribution in [-0.2, 0) is 4.79 Å². The molecule has 18 heavy (non-hydrogen) atoms. The van der Waals surface area contributed by atoms with Crippen molar-refractivity contribution < 1.29 is 14.3 Å². The molecule has 0 saturated carbocycles.